The van der Waals surface area contributed by atoms with Gasteiger partial charge in [-0.1, -0.05) is 0 Å². The lowest BCUT2D eigenvalue weighted by molar-refractivity contribution is -0.112. The van der Waals surface area contributed by atoms with Gasteiger partial charge in [-0.3, -0.25) is 0 Å². The van der Waals surface area contributed by atoms with E-state index in [-0.39, 0.29) is 18.1 Å². The summed E-state index contributed by atoms with van der Waals surface area (Å²) in [5.74, 6) is -0.0585. The number of fused-ring (bicyclic) bond motifs is 2. The minimum absolute atomic E-state index is 0.0709. The zero-order valence-electron chi connectivity index (χ0n) is 17.6. The number of nitriles is 1. The molecule has 2 aliphatic heterocycles. The quantitative estimate of drug-likeness (QED) is 0.658. The van der Waals surface area contributed by atoms with E-state index in [1.165, 1.54) is 16.9 Å². The first kappa shape index (κ1) is 23.1. The normalized spacial score (nSPS) is 31.4. The van der Waals surface area contributed by atoms with Crippen LogP contribution in [0.25, 0.3) is 0 Å². The third-order valence-electron chi connectivity index (χ3n) is 6.76. The van der Waals surface area contributed by atoms with Gasteiger partial charge in [-0.2, -0.15) is 5.26 Å². The van der Waals surface area contributed by atoms with E-state index in [0.29, 0.717) is 18.6 Å². The topological polar surface area (TPSA) is 82.4 Å². The molecule has 3 heterocycles. The number of piperidine rings is 1. The maximum atomic E-state index is 12.9. The highest BCUT2D eigenvalue weighted by molar-refractivity contribution is 7.89. The molecule has 1 saturated heterocycles. The average molecular weight is 474 g/mol. The molecule has 1 aliphatic carbocycles. The summed E-state index contributed by atoms with van der Waals surface area (Å²) >= 11 is 1.50. The number of rotatable bonds is 7. The smallest absolute Gasteiger partial charge is 0.243 e. The van der Waals surface area contributed by atoms with Crippen molar-refractivity contribution in [3.63, 3.8) is 0 Å². The predicted molar refractivity (Wildman–Crippen MR) is 115 cm³/mol. The molecule has 4 rings (SSSR count). The summed E-state index contributed by atoms with van der Waals surface area (Å²) in [5, 5.41) is 8.59. The van der Waals surface area contributed by atoms with Gasteiger partial charge in [0.1, 0.15) is 5.60 Å². The molecule has 172 valence electrons. The highest BCUT2D eigenvalue weighted by Gasteiger charge is 2.45. The summed E-state index contributed by atoms with van der Waals surface area (Å²) in [6.07, 6.45) is 1.57. The number of nitrogens with zero attached hydrogens (tertiary/aromatic N) is 2. The van der Waals surface area contributed by atoms with Gasteiger partial charge in [0, 0.05) is 41.3 Å². The molecule has 2 fully saturated rings. The van der Waals surface area contributed by atoms with Crippen LogP contribution < -0.4 is 4.72 Å². The second-order valence-corrected chi connectivity index (χ2v) is 12.0. The van der Waals surface area contributed by atoms with Gasteiger partial charge in [0.2, 0.25) is 16.4 Å². The van der Waals surface area contributed by atoms with Crippen LogP contribution in [0.3, 0.4) is 0 Å². The van der Waals surface area contributed by atoms with E-state index in [0.717, 1.165) is 54.9 Å². The van der Waals surface area contributed by atoms with Crippen LogP contribution in [-0.4, -0.2) is 57.3 Å². The number of likely N-dealkylation sites (tertiary alicyclic amines) is 1. The van der Waals surface area contributed by atoms with E-state index in [2.05, 4.69) is 16.5 Å². The van der Waals surface area contributed by atoms with Crippen molar-refractivity contribution in [2.45, 2.75) is 69.6 Å². The second-order valence-electron chi connectivity index (χ2n) is 9.12. The highest BCUT2D eigenvalue weighted by Crippen LogP contribution is 2.47. The molecule has 10 heteroatoms. The molecule has 0 unspecified atom stereocenters. The molecular weight excluding hydrogens is 444 g/mol. The third kappa shape index (κ3) is 5.11. The van der Waals surface area contributed by atoms with E-state index in [1.54, 1.807) is 6.07 Å². The number of alkyl halides is 2. The number of hydrogen-bond acceptors (Lipinski definition) is 6. The summed E-state index contributed by atoms with van der Waals surface area (Å²) in [6, 6.07) is 3.87. The number of sulfonamides is 1. The Morgan fingerprint density at radius 3 is 2.90 bits per heavy atom. The lowest BCUT2D eigenvalue weighted by Gasteiger charge is -2.49. The summed E-state index contributed by atoms with van der Waals surface area (Å²) in [7, 11) is -3.50. The second kappa shape index (κ2) is 9.02. The fourth-order valence-corrected chi connectivity index (χ4v) is 7.64. The maximum absolute atomic E-state index is 12.9. The van der Waals surface area contributed by atoms with E-state index >= 15 is 0 Å². The van der Waals surface area contributed by atoms with Gasteiger partial charge in [-0.15, -0.1) is 11.3 Å². The minimum Gasteiger partial charge on any atom is -0.369 e. The van der Waals surface area contributed by atoms with Crippen LogP contribution in [0.5, 0.6) is 0 Å². The predicted octanol–water partition coefficient (Wildman–Crippen LogP) is 3.03. The molecule has 0 aromatic carbocycles. The molecule has 1 N–H and O–H groups in total. The van der Waals surface area contributed by atoms with Gasteiger partial charge >= 0.3 is 0 Å². The number of thiophene rings is 1. The monoisotopic (exact) mass is 473 g/mol. The van der Waals surface area contributed by atoms with Gasteiger partial charge in [0.25, 0.3) is 0 Å². The van der Waals surface area contributed by atoms with Crippen molar-refractivity contribution in [2.24, 2.45) is 5.92 Å². The van der Waals surface area contributed by atoms with Crippen molar-refractivity contribution in [3.8, 4) is 6.07 Å². The number of halogens is 2. The molecule has 31 heavy (non-hydrogen) atoms. The van der Waals surface area contributed by atoms with Crippen molar-refractivity contribution in [1.29, 1.82) is 5.26 Å². The molecule has 1 aromatic rings. The Hall–Kier alpha value is -1.12. The largest absolute Gasteiger partial charge is 0.369 e. The molecule has 6 nitrogen and oxygen atoms in total. The first-order valence-corrected chi connectivity index (χ1v) is 13.3. The summed E-state index contributed by atoms with van der Waals surface area (Å²) in [5.41, 5.74) is 0.822. The van der Waals surface area contributed by atoms with E-state index in [4.69, 9.17) is 10.00 Å². The Kier molecular flexibility index (Phi) is 6.71. The molecular formula is C21H29F2N3O3S2. The number of nitrogens with one attached hydrogen (secondary N) is 1. The van der Waals surface area contributed by atoms with Gasteiger partial charge in [-0.05, 0) is 56.6 Å². The van der Waals surface area contributed by atoms with Crippen LogP contribution in [0.4, 0.5) is 8.78 Å². The fraction of sp³-hybridized carbons (Fsp3) is 0.762. The zero-order chi connectivity index (χ0) is 22.2. The van der Waals surface area contributed by atoms with Gasteiger partial charge in [0.15, 0.2) is 5.75 Å². The lowest BCUT2D eigenvalue weighted by atomic mass is 9.78. The van der Waals surface area contributed by atoms with Gasteiger partial charge in [0.05, 0.1) is 12.7 Å². The van der Waals surface area contributed by atoms with Crippen LogP contribution in [0.1, 0.15) is 47.9 Å². The summed E-state index contributed by atoms with van der Waals surface area (Å²) < 4.78 is 58.1. The Balaban J connectivity index is 1.33. The van der Waals surface area contributed by atoms with Crippen LogP contribution in [-0.2, 0) is 33.2 Å². The maximum Gasteiger partial charge on any atom is 0.243 e. The molecule has 0 radical (unpaired) electrons. The molecule has 0 bridgehead atoms. The van der Waals surface area contributed by atoms with Crippen LogP contribution >= 0.6 is 11.3 Å². The van der Waals surface area contributed by atoms with E-state index < -0.39 is 22.2 Å². The van der Waals surface area contributed by atoms with Crippen molar-refractivity contribution < 1.29 is 21.9 Å². The van der Waals surface area contributed by atoms with Crippen molar-refractivity contribution in [2.75, 3.05) is 25.4 Å². The standard InChI is InChI=1S/C21H29F2N3O3S2/c1-14-12-21(20-16(2-6-29-21)10-18(30-20)11-19(22)23)3-5-26(14)13-15-8-17(9-15)25-31(27,28)7-4-24/h10,14-15,17,19,25H,2-3,5-9,11-13H2,1H3/t14-,15-,17+,21+/m0/s1. The molecule has 2 atom stereocenters. The van der Waals surface area contributed by atoms with E-state index in [1.807, 2.05) is 6.07 Å². The highest BCUT2D eigenvalue weighted by atomic mass is 32.2. The van der Waals surface area contributed by atoms with Crippen LogP contribution in [0, 0.1) is 17.2 Å². The first-order valence-electron chi connectivity index (χ1n) is 10.8. The first-order chi connectivity index (χ1) is 14.7. The van der Waals surface area contributed by atoms with Gasteiger partial charge < -0.3 is 9.64 Å². The Morgan fingerprint density at radius 2 is 2.23 bits per heavy atom. The van der Waals surface area contributed by atoms with Crippen molar-refractivity contribution in [3.05, 3.63) is 21.4 Å². The molecule has 1 spiro atoms. The SMILES string of the molecule is C[C@H]1C[C@@]2(CCN1C[C@H]1C[C@@H](NS(=O)(=O)CC#N)C1)OCCc1cc(CC(F)F)sc12. The lowest BCUT2D eigenvalue weighted by Crippen LogP contribution is -2.54. The van der Waals surface area contributed by atoms with E-state index in [9.17, 15) is 17.2 Å². The molecule has 3 aliphatic rings. The van der Waals surface area contributed by atoms with Crippen LogP contribution in [0.2, 0.25) is 0 Å². The Bertz CT molecular complexity index is 940. The molecule has 0 amide bonds. The van der Waals surface area contributed by atoms with Crippen molar-refractivity contribution in [1.82, 2.24) is 9.62 Å². The third-order valence-corrected chi connectivity index (χ3v) is 9.35. The minimum atomic E-state index is -3.50. The fourth-order valence-electron chi connectivity index (χ4n) is 5.29. The van der Waals surface area contributed by atoms with Crippen LogP contribution in [0.15, 0.2) is 6.07 Å². The number of hydrogen-bond donors (Lipinski definition) is 1. The Morgan fingerprint density at radius 1 is 1.45 bits per heavy atom. The number of ether oxygens (including phenoxy) is 1. The summed E-state index contributed by atoms with van der Waals surface area (Å²) in [6.45, 7) is 4.63. The zero-order valence-corrected chi connectivity index (χ0v) is 19.3. The molecule has 1 saturated carbocycles. The summed E-state index contributed by atoms with van der Waals surface area (Å²) in [4.78, 5) is 4.34. The van der Waals surface area contributed by atoms with Gasteiger partial charge in [-0.25, -0.2) is 21.9 Å². The van der Waals surface area contributed by atoms with Crippen molar-refractivity contribution >= 4 is 21.4 Å². The Labute approximate surface area is 186 Å². The molecule has 1 aromatic heterocycles. The average Bonchev–Trinajstić information content (AvgIpc) is 3.05.